The molecule has 1 atom stereocenters. The zero-order valence-corrected chi connectivity index (χ0v) is 11.4. The molecule has 0 aromatic heterocycles. The second-order valence-electron chi connectivity index (χ2n) is 4.69. The largest absolute Gasteiger partial charge is 0.352 e. The van der Waals surface area contributed by atoms with E-state index >= 15 is 0 Å². The number of anilines is 1. The summed E-state index contributed by atoms with van der Waals surface area (Å²) in [5.41, 5.74) is 2.04. The number of carbonyl (C=O) groups excluding carboxylic acids is 1. The molecule has 102 valence electrons. The number of hydrogen-bond donors (Lipinski definition) is 3. The number of guanidine groups is 1. The van der Waals surface area contributed by atoms with Crippen molar-refractivity contribution in [2.45, 2.75) is 26.3 Å². The first kappa shape index (κ1) is 13.4. The molecule has 1 aliphatic rings. The lowest BCUT2D eigenvalue weighted by atomic mass is 10.1. The van der Waals surface area contributed by atoms with Gasteiger partial charge >= 0.3 is 0 Å². The molecule has 0 saturated heterocycles. The highest BCUT2D eigenvalue weighted by atomic mass is 16.1. The van der Waals surface area contributed by atoms with Crippen LogP contribution in [0, 0.1) is 0 Å². The van der Waals surface area contributed by atoms with Crippen molar-refractivity contribution >= 4 is 17.6 Å². The molecule has 2 rings (SSSR count). The Morgan fingerprint density at radius 3 is 3.05 bits per heavy atom. The van der Waals surface area contributed by atoms with Gasteiger partial charge in [0.05, 0.1) is 13.1 Å². The average molecular weight is 260 g/mol. The van der Waals surface area contributed by atoms with Crippen LogP contribution in [-0.2, 0) is 11.2 Å². The Kier molecular flexibility index (Phi) is 4.39. The molecule has 1 unspecified atom stereocenters. The van der Waals surface area contributed by atoms with E-state index in [1.165, 1.54) is 5.56 Å². The Labute approximate surface area is 113 Å². The summed E-state index contributed by atoms with van der Waals surface area (Å²) in [6.07, 6.45) is 0.959. The highest BCUT2D eigenvalue weighted by molar-refractivity contribution is 5.95. The first-order chi connectivity index (χ1) is 9.17. The van der Waals surface area contributed by atoms with E-state index in [0.717, 1.165) is 18.7 Å². The molecule has 1 aromatic carbocycles. The molecule has 0 radical (unpaired) electrons. The number of nitrogens with one attached hydrogen (secondary N) is 3. The van der Waals surface area contributed by atoms with Crippen LogP contribution in [0.5, 0.6) is 0 Å². The molecular weight excluding hydrogens is 240 g/mol. The van der Waals surface area contributed by atoms with Crippen molar-refractivity contribution in [2.24, 2.45) is 4.99 Å². The van der Waals surface area contributed by atoms with Crippen LogP contribution in [0.2, 0.25) is 0 Å². The number of hydrogen-bond acceptors (Lipinski definition) is 4. The molecule has 1 aliphatic heterocycles. The van der Waals surface area contributed by atoms with E-state index in [0.29, 0.717) is 12.0 Å². The summed E-state index contributed by atoms with van der Waals surface area (Å²) < 4.78 is 0. The van der Waals surface area contributed by atoms with Gasteiger partial charge in [-0.05, 0) is 31.0 Å². The molecule has 3 N–H and O–H groups in total. The van der Waals surface area contributed by atoms with Gasteiger partial charge in [0, 0.05) is 11.7 Å². The van der Waals surface area contributed by atoms with Gasteiger partial charge in [0.25, 0.3) is 0 Å². The van der Waals surface area contributed by atoms with E-state index in [1.54, 1.807) is 0 Å². The Morgan fingerprint density at radius 1 is 1.53 bits per heavy atom. The standard InChI is InChI=1S/C14H20N4O/c1-3-11-5-4-6-12(7-11)18-13(19)9-16-14-15-8-10(2)17-14/h4-7,10H,3,8-9H2,1-2H3,(H,18,19)(H2,15,16,17). The number of aryl methyl sites for hydroxylation is 1. The number of benzene rings is 1. The fourth-order valence-corrected chi connectivity index (χ4v) is 1.90. The van der Waals surface area contributed by atoms with E-state index in [2.05, 4.69) is 34.8 Å². The van der Waals surface area contributed by atoms with Crippen molar-refractivity contribution in [2.75, 3.05) is 18.4 Å². The Balaban J connectivity index is 1.80. The fraction of sp³-hybridized carbons (Fsp3) is 0.429. The van der Waals surface area contributed by atoms with Crippen molar-refractivity contribution in [1.82, 2.24) is 10.6 Å². The summed E-state index contributed by atoms with van der Waals surface area (Å²) in [7, 11) is 0. The van der Waals surface area contributed by atoms with Crippen molar-refractivity contribution in [3.63, 3.8) is 0 Å². The maximum absolute atomic E-state index is 11.8. The molecule has 0 fully saturated rings. The molecular formula is C14H20N4O. The Bertz CT molecular complexity index is 484. The fourth-order valence-electron chi connectivity index (χ4n) is 1.90. The van der Waals surface area contributed by atoms with Crippen LogP contribution in [0.4, 0.5) is 5.69 Å². The van der Waals surface area contributed by atoms with Crippen LogP contribution >= 0.6 is 0 Å². The predicted octanol–water partition coefficient (Wildman–Crippen LogP) is 1.12. The summed E-state index contributed by atoms with van der Waals surface area (Å²) in [6.45, 7) is 5.11. The smallest absolute Gasteiger partial charge is 0.243 e. The van der Waals surface area contributed by atoms with E-state index < -0.39 is 0 Å². The van der Waals surface area contributed by atoms with Gasteiger partial charge in [0.2, 0.25) is 5.91 Å². The van der Waals surface area contributed by atoms with E-state index in [-0.39, 0.29) is 12.5 Å². The van der Waals surface area contributed by atoms with Gasteiger partial charge in [0.1, 0.15) is 0 Å². The molecule has 5 nitrogen and oxygen atoms in total. The van der Waals surface area contributed by atoms with Gasteiger partial charge in [-0.15, -0.1) is 0 Å². The van der Waals surface area contributed by atoms with Gasteiger partial charge in [-0.25, -0.2) is 0 Å². The van der Waals surface area contributed by atoms with E-state index in [4.69, 9.17) is 0 Å². The minimum atomic E-state index is -0.0719. The minimum absolute atomic E-state index is 0.0719. The second kappa shape index (κ2) is 6.22. The molecule has 1 amide bonds. The third-order valence-electron chi connectivity index (χ3n) is 2.94. The summed E-state index contributed by atoms with van der Waals surface area (Å²) in [6, 6.07) is 8.22. The quantitative estimate of drug-likeness (QED) is 0.760. The van der Waals surface area contributed by atoms with Crippen LogP contribution < -0.4 is 16.0 Å². The summed E-state index contributed by atoms with van der Waals surface area (Å²) in [4.78, 5) is 16.0. The third kappa shape index (κ3) is 3.98. The van der Waals surface area contributed by atoms with Gasteiger partial charge < -0.3 is 16.0 Å². The zero-order chi connectivity index (χ0) is 13.7. The number of rotatable bonds is 4. The van der Waals surface area contributed by atoms with Crippen LogP contribution in [0.15, 0.2) is 29.3 Å². The Hall–Kier alpha value is -2.04. The number of carbonyl (C=O) groups is 1. The molecule has 0 bridgehead atoms. The van der Waals surface area contributed by atoms with E-state index in [1.807, 2.05) is 24.3 Å². The van der Waals surface area contributed by atoms with Gasteiger partial charge in [-0.3, -0.25) is 9.79 Å². The topological polar surface area (TPSA) is 65.5 Å². The average Bonchev–Trinajstić information content (AvgIpc) is 2.82. The second-order valence-corrected chi connectivity index (χ2v) is 4.69. The zero-order valence-electron chi connectivity index (χ0n) is 11.4. The number of amides is 1. The maximum Gasteiger partial charge on any atom is 0.243 e. The molecule has 1 aromatic rings. The van der Waals surface area contributed by atoms with Gasteiger partial charge in [0.15, 0.2) is 5.96 Å². The molecule has 5 heteroatoms. The van der Waals surface area contributed by atoms with Crippen molar-refractivity contribution < 1.29 is 4.79 Å². The first-order valence-electron chi connectivity index (χ1n) is 6.61. The van der Waals surface area contributed by atoms with Crippen LogP contribution in [0.1, 0.15) is 19.4 Å². The SMILES string of the molecule is CCc1cccc(NC(=O)CNC2=NCC(C)N2)c1. The number of aliphatic imine (C=N–C) groups is 1. The Morgan fingerprint density at radius 2 is 2.37 bits per heavy atom. The van der Waals surface area contributed by atoms with Crippen molar-refractivity contribution in [3.05, 3.63) is 29.8 Å². The molecule has 0 aliphatic carbocycles. The molecule has 0 spiro atoms. The lowest BCUT2D eigenvalue weighted by Gasteiger charge is -2.10. The summed E-state index contributed by atoms with van der Waals surface area (Å²) >= 11 is 0. The monoisotopic (exact) mass is 260 g/mol. The summed E-state index contributed by atoms with van der Waals surface area (Å²) in [5, 5.41) is 9.01. The van der Waals surface area contributed by atoms with Crippen molar-refractivity contribution in [1.29, 1.82) is 0 Å². The van der Waals surface area contributed by atoms with Crippen LogP contribution in [0.3, 0.4) is 0 Å². The molecule has 1 heterocycles. The van der Waals surface area contributed by atoms with Crippen molar-refractivity contribution in [3.8, 4) is 0 Å². The number of nitrogens with zero attached hydrogens (tertiary/aromatic N) is 1. The van der Waals surface area contributed by atoms with Crippen LogP contribution in [-0.4, -0.2) is 31.0 Å². The summed E-state index contributed by atoms with van der Waals surface area (Å²) in [5.74, 6) is 0.627. The van der Waals surface area contributed by atoms with Gasteiger partial charge in [-0.2, -0.15) is 0 Å². The molecule has 0 saturated carbocycles. The van der Waals surface area contributed by atoms with Crippen LogP contribution in [0.25, 0.3) is 0 Å². The van der Waals surface area contributed by atoms with E-state index in [9.17, 15) is 4.79 Å². The normalized spacial score (nSPS) is 17.6. The van der Waals surface area contributed by atoms with Gasteiger partial charge in [-0.1, -0.05) is 19.1 Å². The predicted molar refractivity (Wildman–Crippen MR) is 77.4 cm³/mol. The highest BCUT2D eigenvalue weighted by Gasteiger charge is 2.12. The minimum Gasteiger partial charge on any atom is -0.352 e. The lowest BCUT2D eigenvalue weighted by Crippen LogP contribution is -2.41. The maximum atomic E-state index is 11.8. The highest BCUT2D eigenvalue weighted by Crippen LogP contribution is 2.10. The lowest BCUT2D eigenvalue weighted by molar-refractivity contribution is -0.115. The molecule has 19 heavy (non-hydrogen) atoms. The first-order valence-corrected chi connectivity index (χ1v) is 6.61. The third-order valence-corrected chi connectivity index (χ3v) is 2.94.